The van der Waals surface area contributed by atoms with Gasteiger partial charge in [-0.05, 0) is 26.0 Å². The molecular formula is C19H21IN2O5S. The van der Waals surface area contributed by atoms with Crippen molar-refractivity contribution >= 4 is 34.4 Å². The average Bonchev–Trinajstić information content (AvgIpc) is 3.15. The molecule has 0 radical (unpaired) electrons. The van der Waals surface area contributed by atoms with E-state index in [9.17, 15) is 9.59 Å². The monoisotopic (exact) mass is 516 g/mol. The van der Waals surface area contributed by atoms with Crippen LogP contribution in [0.25, 0.3) is 0 Å². The molecule has 0 amide bonds. The highest BCUT2D eigenvalue weighted by molar-refractivity contribution is 14.1. The molecule has 4 rings (SSSR count). The third kappa shape index (κ3) is 3.95. The molecule has 2 aliphatic heterocycles. The van der Waals surface area contributed by atoms with E-state index >= 15 is 0 Å². The number of thioether (sulfide) groups is 1. The van der Waals surface area contributed by atoms with E-state index in [0.717, 1.165) is 4.90 Å². The molecule has 0 bridgehead atoms. The van der Waals surface area contributed by atoms with Crippen LogP contribution >= 0.6 is 34.4 Å². The molecule has 0 saturated carbocycles. The Morgan fingerprint density at radius 2 is 1.89 bits per heavy atom. The first kappa shape index (κ1) is 20.1. The fourth-order valence-corrected chi connectivity index (χ4v) is 5.09. The third-order valence-corrected chi connectivity index (χ3v) is 6.66. The third-order valence-electron chi connectivity index (χ3n) is 4.73. The van der Waals surface area contributed by atoms with Crippen molar-refractivity contribution in [2.45, 2.75) is 54.8 Å². The molecule has 2 fully saturated rings. The SMILES string of the molecule is CC1(C)O[C@@H]2[C@H](O1)[C@@H](CI)O[C@H]2n1cc(CSc2ccccc2)c(=O)[nH]c1=O. The standard InChI is InChI=1S/C19H21IN2O5S/c1-19(2)26-14-13(8-20)25-17(15(14)27-19)22-9-11(16(23)21-18(22)24)10-28-12-6-4-3-5-7-12/h3-7,9,13-15,17H,8,10H2,1-2H3,(H,21,23,24)/t13-,14-,15-,17-/m1/s1. The Hall–Kier alpha value is -1.14. The van der Waals surface area contributed by atoms with Gasteiger partial charge in [-0.1, -0.05) is 40.8 Å². The van der Waals surface area contributed by atoms with Gasteiger partial charge in [-0.15, -0.1) is 11.8 Å². The number of hydrogen-bond donors (Lipinski definition) is 1. The Labute approximate surface area is 179 Å². The first-order valence-corrected chi connectivity index (χ1v) is 11.5. The summed E-state index contributed by atoms with van der Waals surface area (Å²) in [6.07, 6.45) is 0.101. The average molecular weight is 516 g/mol. The molecule has 7 nitrogen and oxygen atoms in total. The van der Waals surface area contributed by atoms with Gasteiger partial charge in [0.2, 0.25) is 0 Å². The fraction of sp³-hybridized carbons (Fsp3) is 0.474. The lowest BCUT2D eigenvalue weighted by Crippen LogP contribution is -2.38. The van der Waals surface area contributed by atoms with E-state index in [1.165, 1.54) is 16.3 Å². The lowest BCUT2D eigenvalue weighted by atomic mass is 10.1. The Bertz CT molecular complexity index is 961. The number of ether oxygens (including phenoxy) is 3. The maximum absolute atomic E-state index is 12.5. The number of benzene rings is 1. The second-order valence-corrected chi connectivity index (χ2v) is 9.14. The molecular weight excluding hydrogens is 495 g/mol. The van der Waals surface area contributed by atoms with E-state index in [0.29, 0.717) is 15.7 Å². The summed E-state index contributed by atoms with van der Waals surface area (Å²) in [4.78, 5) is 28.3. The molecule has 28 heavy (non-hydrogen) atoms. The van der Waals surface area contributed by atoms with Crippen LogP contribution < -0.4 is 11.2 Å². The molecule has 0 aliphatic carbocycles. The second-order valence-electron chi connectivity index (χ2n) is 7.21. The summed E-state index contributed by atoms with van der Waals surface area (Å²) in [5.41, 5.74) is -0.386. The van der Waals surface area contributed by atoms with E-state index < -0.39 is 23.8 Å². The van der Waals surface area contributed by atoms with Crippen LogP contribution in [0, 0.1) is 0 Å². The molecule has 4 atom stereocenters. The number of nitrogens with zero attached hydrogens (tertiary/aromatic N) is 1. The highest BCUT2D eigenvalue weighted by Gasteiger charge is 2.55. The van der Waals surface area contributed by atoms with E-state index in [1.54, 1.807) is 6.20 Å². The molecule has 0 unspecified atom stereocenters. The van der Waals surface area contributed by atoms with Gasteiger partial charge >= 0.3 is 5.69 Å². The zero-order chi connectivity index (χ0) is 19.9. The maximum atomic E-state index is 12.5. The number of aromatic amines is 1. The molecule has 3 heterocycles. The highest BCUT2D eigenvalue weighted by Crippen LogP contribution is 2.43. The van der Waals surface area contributed by atoms with Crippen LogP contribution in [0.3, 0.4) is 0 Å². The Morgan fingerprint density at radius 1 is 1.18 bits per heavy atom. The summed E-state index contributed by atoms with van der Waals surface area (Å²) in [5, 5.41) is 0. The number of alkyl halides is 1. The van der Waals surface area contributed by atoms with E-state index in [-0.39, 0.29) is 17.8 Å². The van der Waals surface area contributed by atoms with E-state index in [2.05, 4.69) is 27.6 Å². The highest BCUT2D eigenvalue weighted by atomic mass is 127. The normalized spacial score (nSPS) is 28.4. The van der Waals surface area contributed by atoms with Crippen molar-refractivity contribution in [2.24, 2.45) is 0 Å². The zero-order valence-corrected chi connectivity index (χ0v) is 18.4. The number of hydrogen-bond acceptors (Lipinski definition) is 6. The van der Waals surface area contributed by atoms with Gasteiger partial charge in [0.05, 0.1) is 6.10 Å². The Morgan fingerprint density at radius 3 is 2.61 bits per heavy atom. The Balaban J connectivity index is 1.62. The summed E-state index contributed by atoms with van der Waals surface area (Å²) in [5.74, 6) is -0.293. The first-order chi connectivity index (χ1) is 13.4. The van der Waals surface area contributed by atoms with Crippen LogP contribution in [0.4, 0.5) is 0 Å². The number of nitrogens with one attached hydrogen (secondary N) is 1. The summed E-state index contributed by atoms with van der Waals surface area (Å²) in [6.45, 7) is 3.70. The van der Waals surface area contributed by atoms with Crippen LogP contribution in [0.1, 0.15) is 25.6 Å². The van der Waals surface area contributed by atoms with Gasteiger partial charge < -0.3 is 14.2 Å². The smallest absolute Gasteiger partial charge is 0.330 e. The van der Waals surface area contributed by atoms with Crippen molar-refractivity contribution in [3.8, 4) is 0 Å². The topological polar surface area (TPSA) is 82.6 Å². The minimum atomic E-state index is -0.737. The van der Waals surface area contributed by atoms with Crippen LogP contribution in [-0.2, 0) is 20.0 Å². The molecule has 1 aromatic heterocycles. The van der Waals surface area contributed by atoms with Crippen molar-refractivity contribution in [2.75, 3.05) is 4.43 Å². The van der Waals surface area contributed by atoms with Crippen LogP contribution in [-0.4, -0.2) is 38.1 Å². The first-order valence-electron chi connectivity index (χ1n) is 8.97. The number of halogens is 1. The molecule has 9 heteroatoms. The quantitative estimate of drug-likeness (QED) is 0.374. The van der Waals surface area contributed by atoms with E-state index in [1.807, 2.05) is 44.2 Å². The van der Waals surface area contributed by atoms with Crippen molar-refractivity contribution < 1.29 is 14.2 Å². The molecule has 1 aromatic carbocycles. The molecule has 0 spiro atoms. The van der Waals surface area contributed by atoms with Gasteiger partial charge in [-0.3, -0.25) is 14.3 Å². The number of fused-ring (bicyclic) bond motifs is 1. The predicted octanol–water partition coefficient (Wildman–Crippen LogP) is 2.68. The van der Waals surface area contributed by atoms with Crippen molar-refractivity contribution in [1.29, 1.82) is 0 Å². The summed E-state index contributed by atoms with van der Waals surface area (Å²) in [7, 11) is 0. The molecule has 150 valence electrons. The van der Waals surface area contributed by atoms with Crippen LogP contribution in [0.15, 0.2) is 51.0 Å². The molecule has 2 aromatic rings. The van der Waals surface area contributed by atoms with Gasteiger partial charge in [-0.25, -0.2) is 4.79 Å². The predicted molar refractivity (Wildman–Crippen MR) is 114 cm³/mol. The van der Waals surface area contributed by atoms with Crippen molar-refractivity contribution in [3.05, 3.63) is 62.9 Å². The van der Waals surface area contributed by atoms with Gasteiger partial charge in [0.25, 0.3) is 5.56 Å². The largest absolute Gasteiger partial charge is 0.348 e. The van der Waals surface area contributed by atoms with Gasteiger partial charge in [0, 0.05) is 26.8 Å². The Kier molecular flexibility index (Phi) is 5.71. The summed E-state index contributed by atoms with van der Waals surface area (Å²) >= 11 is 3.77. The van der Waals surface area contributed by atoms with Gasteiger partial charge in [0.15, 0.2) is 12.0 Å². The van der Waals surface area contributed by atoms with Crippen molar-refractivity contribution in [1.82, 2.24) is 9.55 Å². The zero-order valence-electron chi connectivity index (χ0n) is 15.5. The summed E-state index contributed by atoms with van der Waals surface area (Å²) < 4.78 is 20.2. The second kappa shape index (κ2) is 7.94. The number of aromatic nitrogens is 2. The minimum absolute atomic E-state index is 0.182. The minimum Gasteiger partial charge on any atom is -0.348 e. The molecule has 1 N–H and O–H groups in total. The maximum Gasteiger partial charge on any atom is 0.330 e. The van der Waals surface area contributed by atoms with Crippen LogP contribution in [0.5, 0.6) is 0 Å². The fourth-order valence-electron chi connectivity index (χ4n) is 3.50. The lowest BCUT2D eigenvalue weighted by Gasteiger charge is -2.24. The lowest BCUT2D eigenvalue weighted by molar-refractivity contribution is -0.194. The van der Waals surface area contributed by atoms with Gasteiger partial charge in [0.1, 0.15) is 12.2 Å². The van der Waals surface area contributed by atoms with E-state index in [4.69, 9.17) is 14.2 Å². The van der Waals surface area contributed by atoms with Crippen LogP contribution in [0.2, 0.25) is 0 Å². The number of H-pyrrole nitrogens is 1. The molecule has 2 saturated heterocycles. The number of rotatable bonds is 5. The summed E-state index contributed by atoms with van der Waals surface area (Å²) in [6, 6.07) is 9.80. The van der Waals surface area contributed by atoms with Gasteiger partial charge in [-0.2, -0.15) is 0 Å². The van der Waals surface area contributed by atoms with Crippen molar-refractivity contribution in [3.63, 3.8) is 0 Å². The molecule has 2 aliphatic rings.